The van der Waals surface area contributed by atoms with Crippen LogP contribution in [0.25, 0.3) is 0 Å². The first kappa shape index (κ1) is 12.5. The van der Waals surface area contributed by atoms with Crippen LogP contribution in [0.15, 0.2) is 35.6 Å². The molecule has 0 spiro atoms. The van der Waals surface area contributed by atoms with Crippen molar-refractivity contribution >= 4 is 0 Å². The van der Waals surface area contributed by atoms with Crippen LogP contribution in [0.3, 0.4) is 0 Å². The van der Waals surface area contributed by atoms with Gasteiger partial charge in [-0.3, -0.25) is 0 Å². The van der Waals surface area contributed by atoms with Crippen molar-refractivity contribution in [2.45, 2.75) is 26.4 Å². The molecule has 2 rings (SSSR count). The highest BCUT2D eigenvalue weighted by Crippen LogP contribution is 2.37. The standard InChI is InChI=1S/C15H17NO2/c1-10-8-14(18-15(9-16)11(10)2)12-4-6-13(17-3)7-5-12/h4-7,10,14H,8H2,1-3H3/t10-,14-/m0/s1. The van der Waals surface area contributed by atoms with E-state index in [1.54, 1.807) is 7.11 Å². The molecule has 1 aromatic rings. The number of hydrogen-bond donors (Lipinski definition) is 0. The van der Waals surface area contributed by atoms with Gasteiger partial charge in [0.1, 0.15) is 17.9 Å². The molecule has 3 nitrogen and oxygen atoms in total. The topological polar surface area (TPSA) is 42.2 Å². The quantitative estimate of drug-likeness (QED) is 0.797. The first-order valence-electron chi connectivity index (χ1n) is 6.07. The molecule has 1 aliphatic rings. The Balaban J connectivity index is 2.23. The molecular formula is C15H17NO2. The minimum atomic E-state index is -0.0377. The van der Waals surface area contributed by atoms with Gasteiger partial charge >= 0.3 is 0 Å². The van der Waals surface area contributed by atoms with E-state index in [0.717, 1.165) is 23.3 Å². The van der Waals surface area contributed by atoms with Crippen molar-refractivity contribution in [1.29, 1.82) is 5.26 Å². The molecule has 0 unspecified atom stereocenters. The molecule has 1 aromatic carbocycles. The van der Waals surface area contributed by atoms with Gasteiger partial charge in [0.15, 0.2) is 5.76 Å². The summed E-state index contributed by atoms with van der Waals surface area (Å²) in [5, 5.41) is 9.07. The maximum absolute atomic E-state index is 9.07. The Hall–Kier alpha value is -1.95. The molecule has 0 aliphatic carbocycles. The van der Waals surface area contributed by atoms with E-state index in [2.05, 4.69) is 13.0 Å². The number of nitriles is 1. The zero-order valence-electron chi connectivity index (χ0n) is 10.9. The Kier molecular flexibility index (Phi) is 3.57. The summed E-state index contributed by atoms with van der Waals surface area (Å²) in [6.07, 6.45) is 0.868. The maximum atomic E-state index is 9.07. The minimum absolute atomic E-state index is 0.0377. The second kappa shape index (κ2) is 5.14. The van der Waals surface area contributed by atoms with Crippen LogP contribution in [-0.2, 0) is 4.74 Å². The molecule has 0 saturated heterocycles. The summed E-state index contributed by atoms with van der Waals surface area (Å²) in [5.74, 6) is 1.67. The fourth-order valence-corrected chi connectivity index (χ4v) is 2.14. The van der Waals surface area contributed by atoms with E-state index >= 15 is 0 Å². The Morgan fingerprint density at radius 2 is 2.00 bits per heavy atom. The summed E-state index contributed by atoms with van der Waals surface area (Å²) in [4.78, 5) is 0. The lowest BCUT2D eigenvalue weighted by Crippen LogP contribution is -2.17. The third-order valence-corrected chi connectivity index (χ3v) is 3.51. The van der Waals surface area contributed by atoms with Crippen LogP contribution < -0.4 is 4.74 Å². The van der Waals surface area contributed by atoms with E-state index in [4.69, 9.17) is 14.7 Å². The van der Waals surface area contributed by atoms with Crippen molar-refractivity contribution in [3.8, 4) is 11.8 Å². The monoisotopic (exact) mass is 243 g/mol. The van der Waals surface area contributed by atoms with Crippen LogP contribution >= 0.6 is 0 Å². The maximum Gasteiger partial charge on any atom is 0.196 e. The van der Waals surface area contributed by atoms with Crippen LogP contribution in [-0.4, -0.2) is 7.11 Å². The molecule has 0 aromatic heterocycles. The van der Waals surface area contributed by atoms with Gasteiger partial charge in [-0.2, -0.15) is 5.26 Å². The van der Waals surface area contributed by atoms with Crippen LogP contribution in [0, 0.1) is 17.2 Å². The highest BCUT2D eigenvalue weighted by molar-refractivity contribution is 5.31. The van der Waals surface area contributed by atoms with Crippen LogP contribution in [0.4, 0.5) is 0 Å². The van der Waals surface area contributed by atoms with Crippen LogP contribution in [0.2, 0.25) is 0 Å². The second-order valence-electron chi connectivity index (χ2n) is 4.64. The molecule has 0 N–H and O–H groups in total. The molecule has 0 bridgehead atoms. The molecule has 0 fully saturated rings. The van der Waals surface area contributed by atoms with Gasteiger partial charge in [0.25, 0.3) is 0 Å². The highest BCUT2D eigenvalue weighted by Gasteiger charge is 2.26. The molecule has 1 aliphatic heterocycles. The van der Waals surface area contributed by atoms with Gasteiger partial charge in [0, 0.05) is 0 Å². The van der Waals surface area contributed by atoms with Crippen molar-refractivity contribution in [1.82, 2.24) is 0 Å². The third-order valence-electron chi connectivity index (χ3n) is 3.51. The average Bonchev–Trinajstić information content (AvgIpc) is 2.42. The van der Waals surface area contributed by atoms with E-state index in [1.165, 1.54) is 0 Å². The van der Waals surface area contributed by atoms with E-state index in [1.807, 2.05) is 31.2 Å². The predicted molar refractivity (Wildman–Crippen MR) is 68.9 cm³/mol. The second-order valence-corrected chi connectivity index (χ2v) is 4.64. The number of rotatable bonds is 2. The molecule has 0 saturated carbocycles. The molecule has 2 atom stereocenters. The zero-order chi connectivity index (χ0) is 13.1. The molecular weight excluding hydrogens is 226 g/mol. The van der Waals surface area contributed by atoms with Gasteiger partial charge in [-0.25, -0.2) is 0 Å². The third kappa shape index (κ3) is 2.33. The molecule has 0 amide bonds. The summed E-state index contributed by atoms with van der Waals surface area (Å²) < 4.78 is 10.9. The Morgan fingerprint density at radius 3 is 2.56 bits per heavy atom. The number of allylic oxidation sites excluding steroid dienone is 2. The molecule has 3 heteroatoms. The van der Waals surface area contributed by atoms with E-state index in [9.17, 15) is 0 Å². The van der Waals surface area contributed by atoms with Crippen molar-refractivity contribution in [3.05, 3.63) is 41.2 Å². The van der Waals surface area contributed by atoms with Gasteiger partial charge in [-0.15, -0.1) is 0 Å². The highest BCUT2D eigenvalue weighted by atomic mass is 16.5. The van der Waals surface area contributed by atoms with Crippen molar-refractivity contribution in [3.63, 3.8) is 0 Å². The molecule has 18 heavy (non-hydrogen) atoms. The Labute approximate surface area is 108 Å². The smallest absolute Gasteiger partial charge is 0.196 e. The normalized spacial score (nSPS) is 23.2. The molecule has 1 heterocycles. The predicted octanol–water partition coefficient (Wildman–Crippen LogP) is 3.59. The number of benzene rings is 1. The zero-order valence-corrected chi connectivity index (χ0v) is 10.9. The van der Waals surface area contributed by atoms with Gasteiger partial charge < -0.3 is 9.47 Å². The van der Waals surface area contributed by atoms with Gasteiger partial charge in [-0.05, 0) is 42.5 Å². The SMILES string of the molecule is COc1ccc([C@@H]2C[C@H](C)C(C)=C(C#N)O2)cc1. The minimum Gasteiger partial charge on any atom is -0.497 e. The van der Waals surface area contributed by atoms with Gasteiger partial charge in [0.2, 0.25) is 0 Å². The van der Waals surface area contributed by atoms with Gasteiger partial charge in [-0.1, -0.05) is 19.1 Å². The average molecular weight is 243 g/mol. The largest absolute Gasteiger partial charge is 0.497 e. The van der Waals surface area contributed by atoms with E-state index in [0.29, 0.717) is 11.7 Å². The van der Waals surface area contributed by atoms with E-state index in [-0.39, 0.29) is 6.10 Å². The lowest BCUT2D eigenvalue weighted by molar-refractivity contribution is 0.0861. The van der Waals surface area contributed by atoms with Gasteiger partial charge in [0.05, 0.1) is 7.11 Å². The number of nitrogens with zero attached hydrogens (tertiary/aromatic N) is 1. The summed E-state index contributed by atoms with van der Waals surface area (Å²) in [6, 6.07) is 9.96. The first-order valence-corrected chi connectivity index (χ1v) is 6.07. The summed E-state index contributed by atoms with van der Waals surface area (Å²) in [7, 11) is 1.65. The summed E-state index contributed by atoms with van der Waals surface area (Å²) in [5.41, 5.74) is 2.13. The van der Waals surface area contributed by atoms with Crippen molar-refractivity contribution in [2.75, 3.05) is 7.11 Å². The number of ether oxygens (including phenoxy) is 2. The number of methoxy groups -OCH3 is 1. The summed E-state index contributed by atoms with van der Waals surface area (Å²) >= 11 is 0. The Morgan fingerprint density at radius 1 is 1.33 bits per heavy atom. The molecule has 94 valence electrons. The van der Waals surface area contributed by atoms with Crippen molar-refractivity contribution < 1.29 is 9.47 Å². The van der Waals surface area contributed by atoms with Crippen LogP contribution in [0.5, 0.6) is 5.75 Å². The lowest BCUT2D eigenvalue weighted by atomic mass is 9.89. The first-order chi connectivity index (χ1) is 8.65. The van der Waals surface area contributed by atoms with E-state index < -0.39 is 0 Å². The summed E-state index contributed by atoms with van der Waals surface area (Å²) in [6.45, 7) is 4.10. The fraction of sp³-hybridized carbons (Fsp3) is 0.400. The lowest BCUT2D eigenvalue weighted by Gasteiger charge is -2.29. The van der Waals surface area contributed by atoms with Crippen LogP contribution in [0.1, 0.15) is 31.9 Å². The number of hydrogen-bond acceptors (Lipinski definition) is 3. The fourth-order valence-electron chi connectivity index (χ4n) is 2.14. The van der Waals surface area contributed by atoms with Crippen molar-refractivity contribution in [2.24, 2.45) is 5.92 Å². The Bertz CT molecular complexity index is 496. The molecule has 0 radical (unpaired) electrons.